The fourth-order valence-electron chi connectivity index (χ4n) is 0.811. The van der Waals surface area contributed by atoms with Gasteiger partial charge in [-0.05, 0) is 12.1 Å². The van der Waals surface area contributed by atoms with E-state index >= 15 is 0 Å². The molecule has 0 aliphatic rings. The molecule has 98 valence electrons. The van der Waals surface area contributed by atoms with Crippen molar-refractivity contribution in [2.24, 2.45) is 0 Å². The summed E-state index contributed by atoms with van der Waals surface area (Å²) in [4.78, 5) is 26.2. The van der Waals surface area contributed by atoms with Crippen LogP contribution in [0.4, 0.5) is 5.69 Å². The fraction of sp³-hybridized carbons (Fsp3) is 0.250. The van der Waals surface area contributed by atoms with Crippen LogP contribution in [0.5, 0.6) is 5.75 Å². The van der Waals surface area contributed by atoms with E-state index < -0.39 is 7.82 Å². The summed E-state index contributed by atoms with van der Waals surface area (Å²) in [7, 11) is -1.48. The van der Waals surface area contributed by atoms with E-state index in [0.29, 0.717) is 0 Å². The van der Waals surface area contributed by atoms with Crippen LogP contribution in [-0.2, 0) is 9.40 Å². The van der Waals surface area contributed by atoms with Gasteiger partial charge in [-0.15, -0.1) is 5.59 Å². The summed E-state index contributed by atoms with van der Waals surface area (Å²) < 4.78 is 13.9. The standard InChI is InChI=1S/C8H12N2O2.H3O4P/c1-11-8-5-3-4-7(6-8)9-10-12-2;1-5(2,3)4/h3-6,9-10H,1-2H3;(H3,1,2,3,4). The Bertz CT molecular complexity index is 361. The molecule has 0 saturated heterocycles. The third-order valence-electron chi connectivity index (χ3n) is 1.37. The Morgan fingerprint density at radius 2 is 1.82 bits per heavy atom. The first kappa shape index (κ1) is 15.9. The van der Waals surface area contributed by atoms with Gasteiger partial charge in [-0.1, -0.05) is 6.07 Å². The minimum Gasteiger partial charge on any atom is -0.497 e. The molecule has 0 fully saturated rings. The summed E-state index contributed by atoms with van der Waals surface area (Å²) in [6.07, 6.45) is 0. The van der Waals surface area contributed by atoms with Gasteiger partial charge in [-0.25, -0.2) is 4.57 Å². The molecule has 1 rings (SSSR count). The van der Waals surface area contributed by atoms with Gasteiger partial charge in [0.1, 0.15) is 5.75 Å². The zero-order valence-electron chi connectivity index (χ0n) is 9.32. The van der Waals surface area contributed by atoms with Gasteiger partial charge < -0.3 is 19.4 Å². The lowest BCUT2D eigenvalue weighted by molar-refractivity contribution is 0.111. The number of methoxy groups -OCH3 is 1. The predicted octanol–water partition coefficient (Wildman–Crippen LogP) is 0.244. The van der Waals surface area contributed by atoms with Crippen molar-refractivity contribution in [1.29, 1.82) is 0 Å². The molecule has 0 radical (unpaired) electrons. The maximum atomic E-state index is 8.88. The zero-order chi connectivity index (χ0) is 13.3. The van der Waals surface area contributed by atoms with Crippen LogP contribution in [0.15, 0.2) is 24.3 Å². The molecular formula is C8H15N2O6P. The van der Waals surface area contributed by atoms with E-state index in [1.807, 2.05) is 24.3 Å². The van der Waals surface area contributed by atoms with E-state index in [1.54, 1.807) is 7.11 Å². The second kappa shape index (κ2) is 8.02. The fourth-order valence-corrected chi connectivity index (χ4v) is 0.811. The Labute approximate surface area is 98.4 Å². The molecule has 5 N–H and O–H groups in total. The maximum absolute atomic E-state index is 8.88. The highest BCUT2D eigenvalue weighted by Crippen LogP contribution is 2.25. The van der Waals surface area contributed by atoms with E-state index in [4.69, 9.17) is 24.0 Å². The number of rotatable bonds is 4. The van der Waals surface area contributed by atoms with Crippen molar-refractivity contribution in [3.63, 3.8) is 0 Å². The summed E-state index contributed by atoms with van der Waals surface area (Å²) in [6.45, 7) is 0. The largest absolute Gasteiger partial charge is 0.497 e. The lowest BCUT2D eigenvalue weighted by Gasteiger charge is -2.06. The van der Waals surface area contributed by atoms with Gasteiger partial charge >= 0.3 is 7.82 Å². The Hall–Kier alpha value is -1.15. The smallest absolute Gasteiger partial charge is 0.466 e. The quantitative estimate of drug-likeness (QED) is 0.388. The molecule has 0 atom stereocenters. The lowest BCUT2D eigenvalue weighted by atomic mass is 10.3. The van der Waals surface area contributed by atoms with Gasteiger partial charge in [0.15, 0.2) is 0 Å². The summed E-state index contributed by atoms with van der Waals surface area (Å²) in [5, 5.41) is 0. The maximum Gasteiger partial charge on any atom is 0.466 e. The number of benzene rings is 1. The molecular weight excluding hydrogens is 251 g/mol. The molecule has 9 heteroatoms. The van der Waals surface area contributed by atoms with Crippen molar-refractivity contribution in [1.82, 2.24) is 5.59 Å². The molecule has 1 aromatic carbocycles. The van der Waals surface area contributed by atoms with E-state index in [1.165, 1.54) is 7.11 Å². The summed E-state index contributed by atoms with van der Waals surface area (Å²) in [5.41, 5.74) is 6.21. The highest BCUT2D eigenvalue weighted by atomic mass is 31.2. The van der Waals surface area contributed by atoms with Gasteiger partial charge in [0.05, 0.1) is 19.9 Å². The van der Waals surface area contributed by atoms with Gasteiger partial charge in [-0.2, -0.15) is 0 Å². The van der Waals surface area contributed by atoms with Gasteiger partial charge in [0, 0.05) is 6.07 Å². The average molecular weight is 266 g/mol. The SMILES string of the molecule is CONNc1cccc(OC)c1.O=P(O)(O)O. The molecule has 0 spiro atoms. The first-order valence-corrected chi connectivity index (χ1v) is 5.89. The van der Waals surface area contributed by atoms with E-state index in [-0.39, 0.29) is 0 Å². The number of phosphoric acid groups is 1. The topological polar surface area (TPSA) is 120 Å². The number of hydrazine groups is 1. The van der Waals surface area contributed by atoms with Crippen LogP contribution >= 0.6 is 7.82 Å². The van der Waals surface area contributed by atoms with Crippen molar-refractivity contribution >= 4 is 13.5 Å². The van der Waals surface area contributed by atoms with Crippen LogP contribution in [0.1, 0.15) is 0 Å². The van der Waals surface area contributed by atoms with Crippen LogP contribution < -0.4 is 15.8 Å². The highest BCUT2D eigenvalue weighted by molar-refractivity contribution is 7.45. The first-order valence-electron chi connectivity index (χ1n) is 4.33. The van der Waals surface area contributed by atoms with Crippen molar-refractivity contribution in [3.05, 3.63) is 24.3 Å². The van der Waals surface area contributed by atoms with E-state index in [9.17, 15) is 0 Å². The van der Waals surface area contributed by atoms with Crippen molar-refractivity contribution in [3.8, 4) is 5.75 Å². The summed E-state index contributed by atoms with van der Waals surface area (Å²) in [5.74, 6) is 0.804. The Morgan fingerprint density at radius 1 is 1.24 bits per heavy atom. The van der Waals surface area contributed by atoms with Crippen LogP contribution in [0, 0.1) is 0 Å². The second-order valence-electron chi connectivity index (χ2n) is 2.68. The molecule has 0 unspecified atom stereocenters. The molecule has 0 bridgehead atoms. The van der Waals surface area contributed by atoms with Crippen molar-refractivity contribution < 1.29 is 28.8 Å². The monoisotopic (exact) mass is 266 g/mol. The minimum absolute atomic E-state index is 0.804. The number of hydrogen-bond donors (Lipinski definition) is 5. The van der Waals surface area contributed by atoms with E-state index in [2.05, 4.69) is 15.9 Å². The molecule has 0 amide bonds. The number of hydrogen-bond acceptors (Lipinski definition) is 5. The van der Waals surface area contributed by atoms with Crippen LogP contribution in [0.3, 0.4) is 0 Å². The zero-order valence-corrected chi connectivity index (χ0v) is 10.2. The Balaban J connectivity index is 0.000000437. The molecule has 1 aromatic rings. The molecule has 0 heterocycles. The molecule has 8 nitrogen and oxygen atoms in total. The van der Waals surface area contributed by atoms with Crippen molar-refractivity contribution in [2.75, 3.05) is 19.6 Å². The Kier molecular flexibility index (Phi) is 7.47. The molecule has 17 heavy (non-hydrogen) atoms. The van der Waals surface area contributed by atoms with Crippen LogP contribution in [-0.4, -0.2) is 28.9 Å². The second-order valence-corrected chi connectivity index (χ2v) is 3.70. The molecule has 0 aliphatic heterocycles. The van der Waals surface area contributed by atoms with Gasteiger partial charge in [0.2, 0.25) is 0 Å². The first-order chi connectivity index (χ1) is 7.86. The van der Waals surface area contributed by atoms with Crippen LogP contribution in [0.2, 0.25) is 0 Å². The summed E-state index contributed by atoms with van der Waals surface area (Å²) in [6, 6.07) is 7.51. The van der Waals surface area contributed by atoms with Gasteiger partial charge in [0.25, 0.3) is 0 Å². The molecule has 0 aliphatic carbocycles. The minimum atomic E-state index is -4.64. The predicted molar refractivity (Wildman–Crippen MR) is 61.0 cm³/mol. The third-order valence-corrected chi connectivity index (χ3v) is 1.37. The number of nitrogens with one attached hydrogen (secondary N) is 2. The molecule has 0 saturated carbocycles. The average Bonchev–Trinajstić information content (AvgIpc) is 2.24. The summed E-state index contributed by atoms with van der Waals surface area (Å²) >= 11 is 0. The third kappa shape index (κ3) is 11.1. The molecule has 0 aromatic heterocycles. The number of ether oxygens (including phenoxy) is 1. The van der Waals surface area contributed by atoms with Gasteiger partial charge in [-0.3, -0.25) is 10.3 Å². The lowest BCUT2D eigenvalue weighted by Crippen LogP contribution is -2.19. The van der Waals surface area contributed by atoms with Crippen LogP contribution in [0.25, 0.3) is 0 Å². The van der Waals surface area contributed by atoms with E-state index in [0.717, 1.165) is 11.4 Å². The van der Waals surface area contributed by atoms with Crippen molar-refractivity contribution in [2.45, 2.75) is 0 Å². The number of anilines is 1. The Morgan fingerprint density at radius 3 is 2.29 bits per heavy atom. The normalized spacial score (nSPS) is 10.2. The highest BCUT2D eigenvalue weighted by Gasteiger charge is 2.00.